The summed E-state index contributed by atoms with van der Waals surface area (Å²) in [5.74, 6) is 0.584. The zero-order valence-corrected chi connectivity index (χ0v) is 12.5. The van der Waals surface area contributed by atoms with Crippen LogP contribution in [0.3, 0.4) is 0 Å². The lowest BCUT2D eigenvalue weighted by Gasteiger charge is -2.26. The van der Waals surface area contributed by atoms with E-state index in [2.05, 4.69) is 24.1 Å². The molecule has 0 aromatic rings. The molecule has 0 aromatic heterocycles. The quantitative estimate of drug-likeness (QED) is 0.647. The minimum absolute atomic E-state index is 0.104. The molecule has 1 N–H and O–H groups in total. The zero-order chi connectivity index (χ0) is 13.8. The second kappa shape index (κ2) is 6.71. The number of nitrogens with zero attached hydrogens (tertiary/aromatic N) is 1. The molecule has 0 aliphatic heterocycles. The van der Waals surface area contributed by atoms with Gasteiger partial charge in [0.1, 0.15) is 6.04 Å². The molecule has 4 nitrogen and oxygen atoms in total. The molecule has 0 radical (unpaired) electrons. The van der Waals surface area contributed by atoms with Crippen LogP contribution in [0.4, 0.5) is 0 Å². The Bertz CT molecular complexity index is 299. The molecular weight excluding hydrogens is 240 g/mol. The molecule has 4 heteroatoms. The molecule has 0 bridgehead atoms. The number of nitrogens with one attached hydrogen (secondary N) is 1. The molecule has 0 amide bonds. The van der Waals surface area contributed by atoms with E-state index >= 15 is 0 Å². The van der Waals surface area contributed by atoms with Crippen molar-refractivity contribution in [1.29, 1.82) is 0 Å². The van der Waals surface area contributed by atoms with E-state index in [1.807, 2.05) is 0 Å². The average molecular weight is 268 g/mol. The molecule has 110 valence electrons. The SMILES string of the molecule is COC(=O)C(CCN(CC(C)C)C1CC1)NC1CC1. The van der Waals surface area contributed by atoms with Crippen LogP contribution in [-0.4, -0.2) is 49.2 Å². The van der Waals surface area contributed by atoms with Crippen LogP contribution in [0.15, 0.2) is 0 Å². The van der Waals surface area contributed by atoms with Crippen molar-refractivity contribution < 1.29 is 9.53 Å². The molecule has 2 aliphatic carbocycles. The number of carbonyl (C=O) groups excluding carboxylic acids is 1. The fraction of sp³-hybridized carbons (Fsp3) is 0.933. The number of carbonyl (C=O) groups is 1. The number of hydrogen-bond donors (Lipinski definition) is 1. The van der Waals surface area contributed by atoms with Crippen LogP contribution in [0.25, 0.3) is 0 Å². The summed E-state index contributed by atoms with van der Waals surface area (Å²) in [5, 5.41) is 3.41. The fourth-order valence-corrected chi connectivity index (χ4v) is 2.57. The highest BCUT2D eigenvalue weighted by Gasteiger charge is 2.32. The Morgan fingerprint density at radius 3 is 2.47 bits per heavy atom. The number of methoxy groups -OCH3 is 1. The molecular formula is C15H28N2O2. The van der Waals surface area contributed by atoms with E-state index in [1.54, 1.807) is 0 Å². The van der Waals surface area contributed by atoms with Gasteiger partial charge in [-0.25, -0.2) is 0 Å². The molecule has 1 atom stereocenters. The first-order valence-corrected chi connectivity index (χ1v) is 7.68. The second-order valence-electron chi connectivity index (χ2n) is 6.43. The van der Waals surface area contributed by atoms with Crippen LogP contribution in [0.1, 0.15) is 46.0 Å². The van der Waals surface area contributed by atoms with E-state index < -0.39 is 0 Å². The highest BCUT2D eigenvalue weighted by Crippen LogP contribution is 2.28. The van der Waals surface area contributed by atoms with Gasteiger partial charge in [-0.3, -0.25) is 4.79 Å². The van der Waals surface area contributed by atoms with E-state index in [4.69, 9.17) is 4.74 Å². The first-order valence-electron chi connectivity index (χ1n) is 7.68. The number of ether oxygens (including phenoxy) is 1. The third kappa shape index (κ3) is 5.11. The van der Waals surface area contributed by atoms with Gasteiger partial charge in [-0.1, -0.05) is 13.8 Å². The van der Waals surface area contributed by atoms with E-state index in [0.717, 1.165) is 25.6 Å². The molecule has 1 unspecified atom stereocenters. The van der Waals surface area contributed by atoms with Crippen molar-refractivity contribution in [3.8, 4) is 0 Å². The molecule has 2 fully saturated rings. The molecule has 0 saturated heterocycles. The summed E-state index contributed by atoms with van der Waals surface area (Å²) in [5.41, 5.74) is 0. The lowest BCUT2D eigenvalue weighted by molar-refractivity contribution is -0.143. The Hall–Kier alpha value is -0.610. The Kier molecular flexibility index (Phi) is 5.22. The molecule has 0 spiro atoms. The van der Waals surface area contributed by atoms with Gasteiger partial charge in [-0.15, -0.1) is 0 Å². The predicted octanol–water partition coefficient (Wildman–Crippen LogP) is 1.79. The van der Waals surface area contributed by atoms with Crippen molar-refractivity contribution in [2.45, 2.75) is 64.1 Å². The van der Waals surface area contributed by atoms with Gasteiger partial charge in [0.25, 0.3) is 0 Å². The van der Waals surface area contributed by atoms with Crippen molar-refractivity contribution in [3.05, 3.63) is 0 Å². The summed E-state index contributed by atoms with van der Waals surface area (Å²) < 4.78 is 4.91. The Balaban J connectivity index is 1.79. The Morgan fingerprint density at radius 1 is 1.32 bits per heavy atom. The van der Waals surface area contributed by atoms with E-state index in [1.165, 1.54) is 32.8 Å². The molecule has 2 saturated carbocycles. The zero-order valence-electron chi connectivity index (χ0n) is 12.5. The van der Waals surface area contributed by atoms with E-state index in [9.17, 15) is 4.79 Å². The summed E-state index contributed by atoms with van der Waals surface area (Å²) in [6.45, 7) is 6.66. The van der Waals surface area contributed by atoms with Gasteiger partial charge in [-0.2, -0.15) is 0 Å². The van der Waals surface area contributed by atoms with Crippen LogP contribution in [-0.2, 0) is 9.53 Å². The van der Waals surface area contributed by atoms with Crippen molar-refractivity contribution in [2.75, 3.05) is 20.2 Å². The van der Waals surface area contributed by atoms with Crippen LogP contribution < -0.4 is 5.32 Å². The van der Waals surface area contributed by atoms with Crippen LogP contribution in [0.2, 0.25) is 0 Å². The monoisotopic (exact) mass is 268 g/mol. The lowest BCUT2D eigenvalue weighted by atomic mass is 10.1. The van der Waals surface area contributed by atoms with Gasteiger partial charge in [0.2, 0.25) is 0 Å². The van der Waals surface area contributed by atoms with Crippen LogP contribution >= 0.6 is 0 Å². The smallest absolute Gasteiger partial charge is 0.322 e. The van der Waals surface area contributed by atoms with Crippen LogP contribution in [0, 0.1) is 5.92 Å². The average Bonchev–Trinajstić information content (AvgIpc) is 3.24. The molecule has 0 heterocycles. The maximum Gasteiger partial charge on any atom is 0.322 e. The Morgan fingerprint density at radius 2 is 2.00 bits per heavy atom. The largest absolute Gasteiger partial charge is 0.468 e. The number of rotatable bonds is 9. The second-order valence-corrected chi connectivity index (χ2v) is 6.43. The van der Waals surface area contributed by atoms with Crippen molar-refractivity contribution in [3.63, 3.8) is 0 Å². The van der Waals surface area contributed by atoms with Gasteiger partial charge >= 0.3 is 5.97 Å². The van der Waals surface area contributed by atoms with Gasteiger partial charge in [0.15, 0.2) is 0 Å². The first-order chi connectivity index (χ1) is 9.10. The number of esters is 1. The summed E-state index contributed by atoms with van der Waals surface area (Å²) in [7, 11) is 1.48. The summed E-state index contributed by atoms with van der Waals surface area (Å²) in [6, 6.07) is 1.19. The molecule has 19 heavy (non-hydrogen) atoms. The van der Waals surface area contributed by atoms with E-state index in [0.29, 0.717) is 12.0 Å². The van der Waals surface area contributed by atoms with Crippen molar-refractivity contribution in [2.24, 2.45) is 5.92 Å². The number of hydrogen-bond acceptors (Lipinski definition) is 4. The van der Waals surface area contributed by atoms with Gasteiger partial charge in [0.05, 0.1) is 7.11 Å². The standard InChI is InChI=1S/C15H28N2O2/c1-11(2)10-17(13-6-7-13)9-8-14(15(18)19-3)16-12-4-5-12/h11-14,16H,4-10H2,1-3H3. The first kappa shape index (κ1) is 14.8. The minimum atomic E-state index is -0.120. The molecule has 2 rings (SSSR count). The van der Waals surface area contributed by atoms with Crippen LogP contribution in [0.5, 0.6) is 0 Å². The third-order valence-corrected chi connectivity index (χ3v) is 3.87. The van der Waals surface area contributed by atoms with Gasteiger partial charge in [0, 0.05) is 25.2 Å². The summed E-state index contributed by atoms with van der Waals surface area (Å²) in [6.07, 6.45) is 5.92. The highest BCUT2D eigenvalue weighted by molar-refractivity contribution is 5.75. The van der Waals surface area contributed by atoms with Gasteiger partial charge < -0.3 is 15.0 Å². The van der Waals surface area contributed by atoms with Crippen molar-refractivity contribution in [1.82, 2.24) is 10.2 Å². The lowest BCUT2D eigenvalue weighted by Crippen LogP contribution is -2.42. The highest BCUT2D eigenvalue weighted by atomic mass is 16.5. The normalized spacial score (nSPS) is 20.9. The summed E-state index contributed by atoms with van der Waals surface area (Å²) in [4.78, 5) is 14.3. The third-order valence-electron chi connectivity index (χ3n) is 3.87. The minimum Gasteiger partial charge on any atom is -0.468 e. The molecule has 2 aliphatic rings. The maximum atomic E-state index is 11.8. The maximum absolute atomic E-state index is 11.8. The summed E-state index contributed by atoms with van der Waals surface area (Å²) >= 11 is 0. The Labute approximate surface area is 116 Å². The van der Waals surface area contributed by atoms with E-state index in [-0.39, 0.29) is 12.0 Å². The predicted molar refractivity (Wildman–Crippen MR) is 76.0 cm³/mol. The van der Waals surface area contributed by atoms with Gasteiger partial charge in [-0.05, 0) is 38.0 Å². The fourth-order valence-electron chi connectivity index (χ4n) is 2.57. The van der Waals surface area contributed by atoms with Crippen molar-refractivity contribution >= 4 is 5.97 Å². The topological polar surface area (TPSA) is 41.6 Å². The molecule has 0 aromatic carbocycles.